The Morgan fingerprint density at radius 1 is 1.35 bits per heavy atom. The molecule has 23 heavy (non-hydrogen) atoms. The summed E-state index contributed by atoms with van der Waals surface area (Å²) in [6.45, 7) is 8.62. The van der Waals surface area contributed by atoms with Crippen molar-refractivity contribution in [1.82, 2.24) is 15.6 Å². The van der Waals surface area contributed by atoms with Crippen LogP contribution in [0.2, 0.25) is 0 Å². The Kier molecular flexibility index (Phi) is 10.0. The van der Waals surface area contributed by atoms with E-state index in [1.165, 1.54) is 4.88 Å². The van der Waals surface area contributed by atoms with Crippen molar-refractivity contribution in [3.63, 3.8) is 0 Å². The van der Waals surface area contributed by atoms with Gasteiger partial charge in [-0.3, -0.25) is 9.79 Å². The summed E-state index contributed by atoms with van der Waals surface area (Å²) in [5, 5.41) is 7.65. The van der Waals surface area contributed by atoms with Gasteiger partial charge in [0.1, 0.15) is 0 Å². The number of nitrogens with one attached hydrogen (secondary N) is 2. The molecule has 0 aliphatic rings. The number of esters is 1. The van der Waals surface area contributed by atoms with E-state index < -0.39 is 0 Å². The molecule has 0 spiro atoms. The zero-order chi connectivity index (χ0) is 16.9. The number of carbonyl (C=O) groups is 1. The molecule has 0 bridgehead atoms. The first-order chi connectivity index (χ1) is 11.2. The van der Waals surface area contributed by atoms with Gasteiger partial charge in [0, 0.05) is 43.5 Å². The van der Waals surface area contributed by atoms with Crippen LogP contribution >= 0.6 is 11.3 Å². The second kappa shape index (κ2) is 11.9. The van der Waals surface area contributed by atoms with E-state index in [0.29, 0.717) is 26.0 Å². The molecule has 0 saturated heterocycles. The summed E-state index contributed by atoms with van der Waals surface area (Å²) in [5.41, 5.74) is 0. The molecule has 0 aliphatic heterocycles. The Hall–Kier alpha value is -1.63. The van der Waals surface area contributed by atoms with E-state index in [1.54, 1.807) is 11.3 Å². The number of nitrogens with zero attached hydrogens (tertiary/aromatic N) is 2. The Bertz CT molecular complexity index is 488. The molecule has 0 atom stereocenters. The highest BCUT2D eigenvalue weighted by Gasteiger charge is 2.03. The minimum absolute atomic E-state index is 0.156. The summed E-state index contributed by atoms with van der Waals surface area (Å²) in [6.07, 6.45) is 4.99. The molecule has 0 saturated carbocycles. The van der Waals surface area contributed by atoms with Crippen molar-refractivity contribution < 1.29 is 9.53 Å². The minimum atomic E-state index is -0.156. The Balaban J connectivity index is 2.29. The molecule has 0 unspecified atom stereocenters. The number of ether oxygens (including phenoxy) is 1. The maximum atomic E-state index is 11.3. The third-order valence-corrected chi connectivity index (χ3v) is 4.24. The molecule has 1 aromatic rings. The molecule has 0 amide bonds. The quantitative estimate of drug-likeness (QED) is 0.295. The zero-order valence-electron chi connectivity index (χ0n) is 14.4. The van der Waals surface area contributed by atoms with Crippen molar-refractivity contribution in [3.8, 4) is 0 Å². The molecule has 0 aromatic carbocycles. The largest absolute Gasteiger partial charge is 0.466 e. The number of rotatable bonds is 10. The smallest absolute Gasteiger partial charge is 0.305 e. The van der Waals surface area contributed by atoms with Crippen LogP contribution in [0, 0.1) is 0 Å². The molecular formula is C16H28N4O2S. The summed E-state index contributed by atoms with van der Waals surface area (Å²) < 4.78 is 4.90. The fourth-order valence-corrected chi connectivity index (χ4v) is 2.77. The Morgan fingerprint density at radius 2 is 2.17 bits per heavy atom. The highest BCUT2D eigenvalue weighted by atomic mass is 32.1. The van der Waals surface area contributed by atoms with Gasteiger partial charge in [-0.05, 0) is 26.7 Å². The lowest BCUT2D eigenvalue weighted by atomic mass is 10.3. The Morgan fingerprint density at radius 3 is 2.83 bits per heavy atom. The molecule has 7 heteroatoms. The number of thiazole rings is 1. The van der Waals surface area contributed by atoms with Gasteiger partial charge in [0.2, 0.25) is 0 Å². The van der Waals surface area contributed by atoms with Gasteiger partial charge in [0.05, 0.1) is 11.6 Å². The lowest BCUT2D eigenvalue weighted by molar-refractivity contribution is -0.143. The van der Waals surface area contributed by atoms with Gasteiger partial charge in [-0.25, -0.2) is 4.98 Å². The summed E-state index contributed by atoms with van der Waals surface area (Å²) in [7, 11) is 0. The summed E-state index contributed by atoms with van der Waals surface area (Å²) in [5.74, 6) is 0.625. The highest BCUT2D eigenvalue weighted by molar-refractivity contribution is 7.11. The topological polar surface area (TPSA) is 75.6 Å². The fraction of sp³-hybridized carbons (Fsp3) is 0.688. The van der Waals surface area contributed by atoms with E-state index in [-0.39, 0.29) is 5.97 Å². The van der Waals surface area contributed by atoms with Gasteiger partial charge in [-0.1, -0.05) is 6.92 Å². The summed E-state index contributed by atoms with van der Waals surface area (Å²) in [6, 6.07) is 0. The van der Waals surface area contributed by atoms with E-state index in [4.69, 9.17) is 4.74 Å². The predicted octanol–water partition coefficient (Wildman–Crippen LogP) is 2.15. The standard InChI is InChI=1S/C16H28N4O2S/c1-4-13-12-20-14(23-13)9-11-19-16(17-5-2)18-10-7-8-15(21)22-6-3/h12H,4-11H2,1-3H3,(H2,17,18,19). The second-order valence-electron chi connectivity index (χ2n) is 4.92. The number of hydrogen-bond acceptors (Lipinski definition) is 5. The molecule has 1 heterocycles. The average Bonchev–Trinajstić information content (AvgIpc) is 2.99. The molecule has 1 aromatic heterocycles. The van der Waals surface area contributed by atoms with E-state index in [0.717, 1.165) is 36.9 Å². The number of hydrogen-bond donors (Lipinski definition) is 2. The first kappa shape index (κ1) is 19.4. The fourth-order valence-electron chi connectivity index (χ4n) is 1.90. The lowest BCUT2D eigenvalue weighted by Gasteiger charge is -2.10. The van der Waals surface area contributed by atoms with E-state index in [9.17, 15) is 4.79 Å². The maximum Gasteiger partial charge on any atom is 0.305 e. The molecule has 1 rings (SSSR count). The molecule has 0 fully saturated rings. The third kappa shape index (κ3) is 8.54. The second-order valence-corrected chi connectivity index (χ2v) is 6.12. The van der Waals surface area contributed by atoms with Crippen molar-refractivity contribution in [2.24, 2.45) is 4.99 Å². The lowest BCUT2D eigenvalue weighted by Crippen LogP contribution is -2.38. The first-order valence-corrected chi connectivity index (χ1v) is 9.12. The normalized spacial score (nSPS) is 11.3. The van der Waals surface area contributed by atoms with Crippen LogP contribution in [0.1, 0.15) is 43.5 Å². The van der Waals surface area contributed by atoms with Crippen LogP contribution in [0.3, 0.4) is 0 Å². The molecule has 2 N–H and O–H groups in total. The van der Waals surface area contributed by atoms with Crippen molar-refractivity contribution >= 4 is 23.3 Å². The maximum absolute atomic E-state index is 11.3. The van der Waals surface area contributed by atoms with Gasteiger partial charge >= 0.3 is 5.97 Å². The van der Waals surface area contributed by atoms with Gasteiger partial charge < -0.3 is 15.4 Å². The van der Waals surface area contributed by atoms with Crippen molar-refractivity contribution in [3.05, 3.63) is 16.1 Å². The van der Waals surface area contributed by atoms with E-state index in [1.807, 2.05) is 20.0 Å². The molecule has 130 valence electrons. The number of aliphatic imine (C=N–C) groups is 1. The molecule has 0 radical (unpaired) electrons. The summed E-state index contributed by atoms with van der Waals surface area (Å²) >= 11 is 1.76. The monoisotopic (exact) mass is 340 g/mol. The number of aromatic nitrogens is 1. The average molecular weight is 340 g/mol. The molecular weight excluding hydrogens is 312 g/mol. The van der Waals surface area contributed by atoms with Crippen LogP contribution in [0.15, 0.2) is 11.2 Å². The number of aryl methyl sites for hydroxylation is 1. The first-order valence-electron chi connectivity index (χ1n) is 8.30. The minimum Gasteiger partial charge on any atom is -0.466 e. The highest BCUT2D eigenvalue weighted by Crippen LogP contribution is 2.13. The number of carbonyl (C=O) groups excluding carboxylic acids is 1. The van der Waals surface area contributed by atoms with Crippen LogP contribution in [0.4, 0.5) is 0 Å². The van der Waals surface area contributed by atoms with Crippen LogP contribution in [-0.4, -0.2) is 43.2 Å². The van der Waals surface area contributed by atoms with Crippen LogP contribution in [0.5, 0.6) is 0 Å². The molecule has 0 aliphatic carbocycles. The van der Waals surface area contributed by atoms with Gasteiger partial charge in [-0.2, -0.15) is 0 Å². The Labute approximate surface area is 142 Å². The van der Waals surface area contributed by atoms with Gasteiger partial charge in [0.15, 0.2) is 5.96 Å². The predicted molar refractivity (Wildman–Crippen MR) is 95.0 cm³/mol. The van der Waals surface area contributed by atoms with Crippen molar-refractivity contribution in [2.75, 3.05) is 26.2 Å². The van der Waals surface area contributed by atoms with Crippen molar-refractivity contribution in [2.45, 2.75) is 46.5 Å². The molecule has 6 nitrogen and oxygen atoms in total. The third-order valence-electron chi connectivity index (χ3n) is 3.04. The van der Waals surface area contributed by atoms with Crippen molar-refractivity contribution in [1.29, 1.82) is 0 Å². The SMILES string of the molecule is CCNC(=NCCCC(=O)OCC)NCCc1ncc(CC)s1. The van der Waals surface area contributed by atoms with Crippen LogP contribution < -0.4 is 10.6 Å². The van der Waals surface area contributed by atoms with Gasteiger partial charge in [0.25, 0.3) is 0 Å². The zero-order valence-corrected chi connectivity index (χ0v) is 15.2. The van der Waals surface area contributed by atoms with Gasteiger partial charge in [-0.15, -0.1) is 11.3 Å². The van der Waals surface area contributed by atoms with Crippen LogP contribution in [-0.2, 0) is 22.4 Å². The number of guanidine groups is 1. The van der Waals surface area contributed by atoms with E-state index in [2.05, 4.69) is 27.5 Å². The summed E-state index contributed by atoms with van der Waals surface area (Å²) in [4.78, 5) is 21.5. The van der Waals surface area contributed by atoms with Crippen LogP contribution in [0.25, 0.3) is 0 Å². The van der Waals surface area contributed by atoms with E-state index >= 15 is 0 Å².